The van der Waals surface area contributed by atoms with E-state index in [1.807, 2.05) is 0 Å². The first kappa shape index (κ1) is 17.4. The van der Waals surface area contributed by atoms with Crippen molar-refractivity contribution in [3.8, 4) is 0 Å². The second-order valence-electron chi connectivity index (χ2n) is 7.35. The molecule has 0 aromatic carbocycles. The van der Waals surface area contributed by atoms with Crippen molar-refractivity contribution in [2.45, 2.75) is 43.9 Å². The van der Waals surface area contributed by atoms with Gasteiger partial charge in [0.1, 0.15) is 0 Å². The SMILES string of the molecule is COC1=C(C)C(=O)C2=C(C1=O)[C@H](CO)N1C(=O)[C@@H]3C[C@@H](CO)[C@@H](N3)[C@@H]1C2. The Balaban J connectivity index is 1.83. The zero-order chi connectivity index (χ0) is 18.7. The summed E-state index contributed by atoms with van der Waals surface area (Å²) in [6.07, 6.45) is 0.746. The molecule has 140 valence electrons. The number of aliphatic hydroxyl groups excluding tert-OH is 2. The van der Waals surface area contributed by atoms with Crippen LogP contribution in [-0.4, -0.2) is 77.1 Å². The van der Waals surface area contributed by atoms with Crippen molar-refractivity contribution in [1.29, 1.82) is 0 Å². The van der Waals surface area contributed by atoms with Gasteiger partial charge < -0.3 is 25.2 Å². The van der Waals surface area contributed by atoms with Gasteiger partial charge in [-0.15, -0.1) is 0 Å². The minimum absolute atomic E-state index is 0.0237. The molecule has 1 amide bonds. The summed E-state index contributed by atoms with van der Waals surface area (Å²) in [5.74, 6) is -1.03. The average Bonchev–Trinajstić information content (AvgIpc) is 3.04. The Bertz CT molecular complexity index is 770. The smallest absolute Gasteiger partial charge is 0.240 e. The molecule has 1 aliphatic carbocycles. The number of aliphatic hydroxyl groups is 2. The second kappa shape index (κ2) is 6.00. The summed E-state index contributed by atoms with van der Waals surface area (Å²) in [6.45, 7) is 1.05. The number of rotatable bonds is 3. The Hall–Kier alpha value is -2.03. The maximum Gasteiger partial charge on any atom is 0.240 e. The number of hydrogen-bond acceptors (Lipinski definition) is 7. The van der Waals surface area contributed by atoms with Crippen LogP contribution in [0.5, 0.6) is 0 Å². The quantitative estimate of drug-likeness (QED) is 0.533. The van der Waals surface area contributed by atoms with Crippen LogP contribution in [0.1, 0.15) is 19.8 Å². The molecule has 0 aromatic heterocycles. The van der Waals surface area contributed by atoms with Crippen molar-refractivity contribution < 1.29 is 29.3 Å². The van der Waals surface area contributed by atoms with Gasteiger partial charge in [-0.05, 0) is 19.8 Å². The monoisotopic (exact) mass is 362 g/mol. The van der Waals surface area contributed by atoms with Crippen molar-refractivity contribution in [2.75, 3.05) is 20.3 Å². The lowest BCUT2D eigenvalue weighted by atomic mass is 9.75. The number of nitrogens with zero attached hydrogens (tertiary/aromatic N) is 1. The highest BCUT2D eigenvalue weighted by atomic mass is 16.5. The fourth-order valence-electron chi connectivity index (χ4n) is 5.01. The van der Waals surface area contributed by atoms with E-state index in [4.69, 9.17) is 4.74 Å². The molecule has 3 heterocycles. The van der Waals surface area contributed by atoms with E-state index in [0.717, 1.165) is 0 Å². The Morgan fingerprint density at radius 2 is 1.92 bits per heavy atom. The van der Waals surface area contributed by atoms with Gasteiger partial charge in [0, 0.05) is 35.3 Å². The van der Waals surface area contributed by atoms with Crippen LogP contribution in [0.25, 0.3) is 0 Å². The Kier molecular flexibility index (Phi) is 4.02. The lowest BCUT2D eigenvalue weighted by Gasteiger charge is -2.49. The summed E-state index contributed by atoms with van der Waals surface area (Å²) >= 11 is 0. The Labute approximate surface area is 150 Å². The maximum absolute atomic E-state index is 12.9. The van der Waals surface area contributed by atoms with Gasteiger partial charge in [0.2, 0.25) is 11.7 Å². The highest BCUT2D eigenvalue weighted by Gasteiger charge is 2.56. The molecule has 0 saturated carbocycles. The molecule has 0 aromatic rings. The molecule has 5 atom stereocenters. The zero-order valence-corrected chi connectivity index (χ0v) is 14.7. The first-order chi connectivity index (χ1) is 12.4. The van der Waals surface area contributed by atoms with Crippen LogP contribution in [0.4, 0.5) is 0 Å². The summed E-state index contributed by atoms with van der Waals surface area (Å²) < 4.78 is 5.12. The number of nitrogens with one attached hydrogen (secondary N) is 1. The number of allylic oxidation sites excluding steroid dienone is 2. The van der Waals surface area contributed by atoms with Crippen molar-refractivity contribution in [3.63, 3.8) is 0 Å². The van der Waals surface area contributed by atoms with E-state index in [1.165, 1.54) is 7.11 Å². The molecule has 3 aliphatic heterocycles. The highest BCUT2D eigenvalue weighted by Crippen LogP contribution is 2.43. The van der Waals surface area contributed by atoms with Crippen molar-refractivity contribution >= 4 is 17.5 Å². The normalized spacial score (nSPS) is 36.5. The molecule has 0 unspecified atom stereocenters. The van der Waals surface area contributed by atoms with Gasteiger partial charge in [-0.2, -0.15) is 0 Å². The molecule has 0 spiro atoms. The summed E-state index contributed by atoms with van der Waals surface area (Å²) in [4.78, 5) is 40.2. The van der Waals surface area contributed by atoms with Crippen molar-refractivity contribution in [3.05, 3.63) is 22.5 Å². The molecule has 3 N–H and O–H groups in total. The number of amides is 1. The Morgan fingerprint density at radius 3 is 2.54 bits per heavy atom. The fraction of sp³-hybridized carbons (Fsp3) is 0.611. The van der Waals surface area contributed by atoms with E-state index in [1.54, 1.807) is 11.8 Å². The fourth-order valence-corrected chi connectivity index (χ4v) is 5.01. The van der Waals surface area contributed by atoms with E-state index in [2.05, 4.69) is 5.32 Å². The number of hydrogen-bond donors (Lipinski definition) is 3. The van der Waals surface area contributed by atoms with E-state index in [-0.39, 0.29) is 59.6 Å². The van der Waals surface area contributed by atoms with E-state index in [0.29, 0.717) is 12.0 Å². The number of methoxy groups -OCH3 is 1. The zero-order valence-electron chi connectivity index (χ0n) is 14.7. The number of carbonyl (C=O) groups excluding carboxylic acids is 3. The van der Waals surface area contributed by atoms with Crippen LogP contribution in [0, 0.1) is 5.92 Å². The van der Waals surface area contributed by atoms with Crippen LogP contribution < -0.4 is 5.32 Å². The molecule has 8 heteroatoms. The van der Waals surface area contributed by atoms with E-state index >= 15 is 0 Å². The summed E-state index contributed by atoms with van der Waals surface area (Å²) in [5, 5.41) is 22.9. The third-order valence-corrected chi connectivity index (χ3v) is 6.19. The number of fused-ring (bicyclic) bond motifs is 4. The van der Waals surface area contributed by atoms with E-state index in [9.17, 15) is 24.6 Å². The summed E-state index contributed by atoms with van der Waals surface area (Å²) in [7, 11) is 1.33. The minimum atomic E-state index is -0.865. The summed E-state index contributed by atoms with van der Waals surface area (Å²) in [5.41, 5.74) is 0.774. The van der Waals surface area contributed by atoms with Crippen LogP contribution in [-0.2, 0) is 19.1 Å². The molecule has 2 saturated heterocycles. The van der Waals surface area contributed by atoms with Gasteiger partial charge in [-0.1, -0.05) is 0 Å². The molecular formula is C18H22N2O6. The van der Waals surface area contributed by atoms with Gasteiger partial charge in [-0.25, -0.2) is 0 Å². The second-order valence-corrected chi connectivity index (χ2v) is 7.35. The standard InChI is InChI=1S/C18H22N2O6/c1-7-15(23)9-4-11-14-8(5-21)3-10(19-14)18(25)20(11)12(6-22)13(9)16(24)17(7)26-2/h8,10-12,14,19,21-22H,3-6H2,1-2H3/t8-,10-,11-,12-,14+/m0/s1. The van der Waals surface area contributed by atoms with Gasteiger partial charge in [-0.3, -0.25) is 14.4 Å². The third-order valence-electron chi connectivity index (χ3n) is 6.19. The average molecular weight is 362 g/mol. The van der Waals surface area contributed by atoms with Crippen LogP contribution in [0.15, 0.2) is 22.5 Å². The topological polar surface area (TPSA) is 116 Å². The number of Topliss-reactive ketones (excluding diaryl/α,β-unsaturated/α-hetero) is 2. The molecule has 4 rings (SSSR count). The molecule has 0 radical (unpaired) electrons. The predicted molar refractivity (Wildman–Crippen MR) is 88.8 cm³/mol. The molecule has 2 fully saturated rings. The minimum Gasteiger partial charge on any atom is -0.492 e. The van der Waals surface area contributed by atoms with Gasteiger partial charge in [0.05, 0.1) is 31.8 Å². The van der Waals surface area contributed by atoms with Crippen LogP contribution >= 0.6 is 0 Å². The predicted octanol–water partition coefficient (Wildman–Crippen LogP) is -1.33. The van der Waals surface area contributed by atoms with Crippen LogP contribution in [0.3, 0.4) is 0 Å². The third kappa shape index (κ3) is 2.09. The molecule has 2 bridgehead atoms. The lowest BCUT2D eigenvalue weighted by molar-refractivity contribution is -0.143. The van der Waals surface area contributed by atoms with Gasteiger partial charge >= 0.3 is 0 Å². The lowest BCUT2D eigenvalue weighted by Crippen LogP contribution is -2.68. The number of ketones is 2. The van der Waals surface area contributed by atoms with Gasteiger partial charge in [0.15, 0.2) is 11.5 Å². The largest absolute Gasteiger partial charge is 0.492 e. The van der Waals surface area contributed by atoms with Crippen LogP contribution in [0.2, 0.25) is 0 Å². The van der Waals surface area contributed by atoms with E-state index < -0.39 is 24.5 Å². The highest BCUT2D eigenvalue weighted by molar-refractivity contribution is 6.25. The number of carbonyl (C=O) groups is 3. The van der Waals surface area contributed by atoms with Gasteiger partial charge in [0.25, 0.3) is 0 Å². The molecule has 8 nitrogen and oxygen atoms in total. The summed E-state index contributed by atoms with van der Waals surface area (Å²) in [6, 6.07) is -1.83. The molecular weight excluding hydrogens is 340 g/mol. The number of ether oxygens (including phenoxy) is 1. The van der Waals surface area contributed by atoms with Crippen molar-refractivity contribution in [1.82, 2.24) is 10.2 Å². The first-order valence-electron chi connectivity index (χ1n) is 8.81. The maximum atomic E-state index is 12.9. The molecule has 4 aliphatic rings. The molecule has 26 heavy (non-hydrogen) atoms. The number of piperazine rings is 1. The van der Waals surface area contributed by atoms with Crippen molar-refractivity contribution in [2.24, 2.45) is 5.92 Å². The Morgan fingerprint density at radius 1 is 1.19 bits per heavy atom. The first-order valence-corrected chi connectivity index (χ1v) is 8.81.